The Balaban J connectivity index is 0.000000210. The number of carbonyl (C=O) groups is 3. The van der Waals surface area contributed by atoms with E-state index in [1.54, 1.807) is 35.4 Å². The van der Waals surface area contributed by atoms with Gasteiger partial charge in [-0.3, -0.25) is 24.7 Å². The van der Waals surface area contributed by atoms with E-state index >= 15 is 0 Å². The molecule has 3 unspecified atom stereocenters. The summed E-state index contributed by atoms with van der Waals surface area (Å²) in [5.74, 6) is 1.51. The number of rotatable bonds is 9. The second-order valence-corrected chi connectivity index (χ2v) is 18.4. The van der Waals surface area contributed by atoms with E-state index in [0.717, 1.165) is 54.4 Å². The van der Waals surface area contributed by atoms with Gasteiger partial charge in [0.25, 0.3) is 5.91 Å². The predicted octanol–water partition coefficient (Wildman–Crippen LogP) is 4.85. The van der Waals surface area contributed by atoms with Crippen molar-refractivity contribution in [3.8, 4) is 5.75 Å². The van der Waals surface area contributed by atoms with E-state index in [1.807, 2.05) is 52.9 Å². The van der Waals surface area contributed by atoms with Crippen molar-refractivity contribution in [1.29, 1.82) is 0 Å². The lowest BCUT2D eigenvalue weighted by Crippen LogP contribution is -2.51. The summed E-state index contributed by atoms with van der Waals surface area (Å²) in [6.45, 7) is 6.40. The first kappa shape index (κ1) is 44.1. The zero-order chi connectivity index (χ0) is 45.2. The SMILES string of the molecule is Cn1cc(C2CC2)c2cc(N3CCC(=O)NC3=O)cnc21.NC(N)=C(/C=C(\N)c1ccccc1O)N1CC(c2ccc(C(=O)N3CCN(CC4CCCCC4)CC3)cc2)OC2COCC21. The van der Waals surface area contributed by atoms with Crippen LogP contribution in [0.15, 0.2) is 84.6 Å². The van der Waals surface area contributed by atoms with Gasteiger partial charge in [0, 0.05) is 87.7 Å². The van der Waals surface area contributed by atoms with Crippen LogP contribution in [0.5, 0.6) is 5.75 Å². The number of phenols is 1. The molecule has 10 rings (SSSR count). The highest BCUT2D eigenvalue weighted by atomic mass is 16.6. The topological polar surface area (TPSA) is 211 Å². The number of urea groups is 1. The van der Waals surface area contributed by atoms with Crippen molar-refractivity contribution in [2.24, 2.45) is 30.2 Å². The van der Waals surface area contributed by atoms with Gasteiger partial charge in [0.2, 0.25) is 5.91 Å². The molecule has 0 spiro atoms. The monoisotopic (exact) mass is 886 g/mol. The first-order valence-corrected chi connectivity index (χ1v) is 23.2. The molecule has 344 valence electrons. The molecule has 8 N–H and O–H groups in total. The van der Waals surface area contributed by atoms with Crippen LogP contribution < -0.4 is 27.4 Å². The molecule has 6 fully saturated rings. The maximum atomic E-state index is 13.4. The minimum atomic E-state index is -0.365. The Morgan fingerprint density at radius 1 is 0.938 bits per heavy atom. The summed E-state index contributed by atoms with van der Waals surface area (Å²) in [7, 11) is 1.99. The van der Waals surface area contributed by atoms with Crippen LogP contribution in [0.1, 0.15) is 90.4 Å². The molecule has 4 saturated heterocycles. The van der Waals surface area contributed by atoms with Gasteiger partial charge in [-0.15, -0.1) is 0 Å². The second kappa shape index (κ2) is 19.2. The van der Waals surface area contributed by atoms with Gasteiger partial charge >= 0.3 is 6.03 Å². The minimum absolute atomic E-state index is 0.0779. The molecule has 6 aliphatic rings. The number of nitrogens with zero attached hydrogens (tertiary/aromatic N) is 6. The van der Waals surface area contributed by atoms with Crippen molar-refractivity contribution in [1.82, 2.24) is 29.6 Å². The molecule has 6 heterocycles. The lowest BCUT2D eigenvalue weighted by Gasteiger charge is -2.43. The highest BCUT2D eigenvalue weighted by Gasteiger charge is 2.42. The normalized spacial score (nSPS) is 23.2. The van der Waals surface area contributed by atoms with Crippen molar-refractivity contribution in [3.05, 3.63) is 107 Å². The smallest absolute Gasteiger partial charge is 0.328 e. The Hall–Kier alpha value is -6.10. The van der Waals surface area contributed by atoms with Gasteiger partial charge in [0.05, 0.1) is 36.8 Å². The summed E-state index contributed by atoms with van der Waals surface area (Å²) in [6.07, 6.45) is 14.7. The Morgan fingerprint density at radius 2 is 1.69 bits per heavy atom. The van der Waals surface area contributed by atoms with E-state index in [9.17, 15) is 19.5 Å². The van der Waals surface area contributed by atoms with Crippen molar-refractivity contribution in [3.63, 3.8) is 0 Å². The number of aryl methyl sites for hydroxylation is 1. The third kappa shape index (κ3) is 9.80. The number of nitrogens with one attached hydrogen (secondary N) is 1. The average molecular weight is 887 g/mol. The van der Waals surface area contributed by atoms with Crippen molar-refractivity contribution < 1.29 is 29.0 Å². The number of allylic oxidation sites excluding steroid dienone is 1. The van der Waals surface area contributed by atoms with Crippen molar-refractivity contribution in [2.75, 3.05) is 63.9 Å². The molecule has 2 aliphatic carbocycles. The number of para-hydroxylation sites is 1. The van der Waals surface area contributed by atoms with Crippen LogP contribution in [0.2, 0.25) is 0 Å². The maximum Gasteiger partial charge on any atom is 0.328 e. The number of piperazine rings is 1. The number of phenolic OH excluding ortho intramolecular Hbond substituents is 1. The minimum Gasteiger partial charge on any atom is -0.507 e. The second-order valence-electron chi connectivity index (χ2n) is 18.4. The van der Waals surface area contributed by atoms with Gasteiger partial charge in [-0.2, -0.15) is 0 Å². The summed E-state index contributed by atoms with van der Waals surface area (Å²) in [5.41, 5.74) is 24.9. The summed E-state index contributed by atoms with van der Waals surface area (Å²) in [4.78, 5) is 49.2. The zero-order valence-electron chi connectivity index (χ0n) is 37.2. The summed E-state index contributed by atoms with van der Waals surface area (Å²) in [5, 5.41) is 13.8. The number of imide groups is 1. The Bertz CT molecular complexity index is 2450. The fourth-order valence-electron chi connectivity index (χ4n) is 10.1. The fourth-order valence-corrected chi connectivity index (χ4v) is 10.1. The number of benzene rings is 2. The molecule has 0 radical (unpaired) electrons. The molecular formula is C49H62N10O6. The van der Waals surface area contributed by atoms with Gasteiger partial charge in [0.1, 0.15) is 29.4 Å². The number of amides is 4. The zero-order valence-corrected chi connectivity index (χ0v) is 37.2. The van der Waals surface area contributed by atoms with E-state index in [2.05, 4.69) is 26.3 Å². The lowest BCUT2D eigenvalue weighted by molar-refractivity contribution is -0.120. The van der Waals surface area contributed by atoms with E-state index in [0.29, 0.717) is 61.2 Å². The average Bonchev–Trinajstić information content (AvgIpc) is 3.95. The molecule has 2 aromatic heterocycles. The highest BCUT2D eigenvalue weighted by molar-refractivity contribution is 6.06. The van der Waals surface area contributed by atoms with Crippen LogP contribution in [-0.2, 0) is 21.3 Å². The number of hydrogen-bond donors (Lipinski definition) is 5. The van der Waals surface area contributed by atoms with Crippen LogP contribution in [0.4, 0.5) is 10.5 Å². The molecule has 4 aromatic rings. The quantitative estimate of drug-likeness (QED) is 0.143. The Morgan fingerprint density at radius 3 is 2.40 bits per heavy atom. The maximum absolute atomic E-state index is 13.4. The summed E-state index contributed by atoms with van der Waals surface area (Å²) < 4.78 is 14.3. The fraction of sp³-hybridized carbons (Fsp3) is 0.469. The summed E-state index contributed by atoms with van der Waals surface area (Å²) in [6, 6.07) is 16.2. The Kier molecular flexibility index (Phi) is 13.0. The van der Waals surface area contributed by atoms with Crippen LogP contribution in [0.3, 0.4) is 0 Å². The molecule has 2 saturated carbocycles. The van der Waals surface area contributed by atoms with E-state index in [1.165, 1.54) is 57.1 Å². The number of aromatic nitrogens is 2. The largest absolute Gasteiger partial charge is 0.507 e. The van der Waals surface area contributed by atoms with Gasteiger partial charge in [0.15, 0.2) is 0 Å². The van der Waals surface area contributed by atoms with Gasteiger partial charge < -0.3 is 46.1 Å². The number of pyridine rings is 1. The number of morpholine rings is 1. The molecule has 4 aliphatic heterocycles. The molecule has 16 nitrogen and oxygen atoms in total. The number of carbonyl (C=O) groups excluding carboxylic acids is 3. The number of ether oxygens (including phenoxy) is 2. The van der Waals surface area contributed by atoms with Crippen LogP contribution in [-0.4, -0.2) is 118 Å². The third-order valence-corrected chi connectivity index (χ3v) is 13.9. The van der Waals surface area contributed by atoms with E-state index < -0.39 is 0 Å². The number of hydrogen-bond acceptors (Lipinski definition) is 12. The van der Waals surface area contributed by atoms with Crippen molar-refractivity contribution in [2.45, 2.75) is 75.5 Å². The molecule has 65 heavy (non-hydrogen) atoms. The van der Waals surface area contributed by atoms with Crippen molar-refractivity contribution >= 4 is 40.3 Å². The Labute approximate surface area is 380 Å². The number of fused-ring (bicyclic) bond motifs is 2. The van der Waals surface area contributed by atoms with Crippen LogP contribution in [0.25, 0.3) is 16.7 Å². The van der Waals surface area contributed by atoms with Crippen LogP contribution >= 0.6 is 0 Å². The predicted molar refractivity (Wildman–Crippen MR) is 248 cm³/mol. The van der Waals surface area contributed by atoms with Gasteiger partial charge in [-0.25, -0.2) is 9.78 Å². The van der Waals surface area contributed by atoms with E-state index in [-0.39, 0.29) is 47.7 Å². The van der Waals surface area contributed by atoms with E-state index in [4.69, 9.17) is 26.7 Å². The third-order valence-electron chi connectivity index (χ3n) is 13.9. The molecular weight excluding hydrogens is 825 g/mol. The van der Waals surface area contributed by atoms with Crippen LogP contribution in [0, 0.1) is 5.92 Å². The molecule has 16 heteroatoms. The highest BCUT2D eigenvalue weighted by Crippen LogP contribution is 2.44. The molecule has 4 amide bonds. The first-order chi connectivity index (χ1) is 31.5. The first-order valence-electron chi connectivity index (χ1n) is 23.2. The lowest BCUT2D eigenvalue weighted by atomic mass is 9.89. The molecule has 2 aromatic carbocycles. The standard InChI is InChI=1S/C34H46N6O4.C15H16N4O2/c35-27(26-8-4-5-9-30(26)41)18-28(33(36)37)40-20-31(44-32-22-43-21-29(32)40)24-10-12-25(13-11-24)34(42)39-16-14-38(15-17-39)19-23-6-2-1-3-7-23;1-18-8-12(9-2-3-9)11-6-10(7-16-14(11)18)19-5-4-13(20)17-15(19)21/h4-5,8-13,18,23,29,31-32,41H,1-3,6-7,14-17,19-22,35-37H2;6-9H,2-5H2,1H3,(H,17,20,21)/b27-18-;. The molecule has 3 atom stereocenters. The van der Waals surface area contributed by atoms with Gasteiger partial charge in [-0.05, 0) is 85.1 Å². The van der Waals surface area contributed by atoms with Gasteiger partial charge in [-0.1, -0.05) is 43.5 Å². The number of anilines is 1. The number of aromatic hydroxyl groups is 1. The summed E-state index contributed by atoms with van der Waals surface area (Å²) >= 11 is 0. The number of nitrogens with two attached hydrogens (primary N) is 3. The molecule has 0 bridgehead atoms.